The smallest absolute Gasteiger partial charge is 0.268 e. The van der Waals surface area contributed by atoms with Gasteiger partial charge in [0.1, 0.15) is 17.0 Å². The van der Waals surface area contributed by atoms with Crippen LogP contribution < -0.4 is 14.8 Å². The molecule has 6 nitrogen and oxygen atoms in total. The van der Waals surface area contributed by atoms with Crippen LogP contribution in [-0.4, -0.2) is 23.6 Å². The van der Waals surface area contributed by atoms with E-state index in [2.05, 4.69) is 51.0 Å². The number of methoxy groups -OCH3 is 1. The van der Waals surface area contributed by atoms with Gasteiger partial charge in [0.25, 0.3) is 5.91 Å². The summed E-state index contributed by atoms with van der Waals surface area (Å²) in [4.78, 5) is 18.0. The van der Waals surface area contributed by atoms with Gasteiger partial charge in [0.05, 0.1) is 12.8 Å². The highest BCUT2D eigenvalue weighted by Crippen LogP contribution is 2.34. The van der Waals surface area contributed by atoms with Crippen LogP contribution in [0.5, 0.6) is 11.5 Å². The maximum atomic E-state index is 13.3. The van der Waals surface area contributed by atoms with Gasteiger partial charge < -0.3 is 19.2 Å². The second-order valence-corrected chi connectivity index (χ2v) is 11.2. The Hall–Kier alpha value is -3.80. The number of anilines is 1. The fourth-order valence-corrected chi connectivity index (χ4v) is 4.00. The van der Waals surface area contributed by atoms with Crippen molar-refractivity contribution in [3.8, 4) is 23.0 Å². The third kappa shape index (κ3) is 5.79. The van der Waals surface area contributed by atoms with Crippen molar-refractivity contribution in [1.29, 1.82) is 0 Å². The molecule has 3 aromatic carbocycles. The summed E-state index contributed by atoms with van der Waals surface area (Å²) in [6, 6.07) is 19.4. The Labute approximate surface area is 219 Å². The zero-order chi connectivity index (χ0) is 27.0. The lowest BCUT2D eigenvalue weighted by Crippen LogP contribution is -2.42. The molecule has 37 heavy (non-hydrogen) atoms. The highest BCUT2D eigenvalue weighted by Gasteiger charge is 2.31. The molecule has 0 spiro atoms. The predicted octanol–water partition coefficient (Wildman–Crippen LogP) is 7.72. The van der Waals surface area contributed by atoms with E-state index in [1.165, 1.54) is 11.1 Å². The maximum Gasteiger partial charge on any atom is 0.268 e. The van der Waals surface area contributed by atoms with Crippen molar-refractivity contribution >= 4 is 22.7 Å². The van der Waals surface area contributed by atoms with Gasteiger partial charge in [-0.25, -0.2) is 4.98 Å². The molecule has 0 saturated carbocycles. The van der Waals surface area contributed by atoms with E-state index in [-0.39, 0.29) is 11.3 Å². The van der Waals surface area contributed by atoms with Gasteiger partial charge in [-0.05, 0) is 78.8 Å². The number of amides is 1. The van der Waals surface area contributed by atoms with Crippen molar-refractivity contribution in [2.75, 3.05) is 12.4 Å². The summed E-state index contributed by atoms with van der Waals surface area (Å²) in [6.07, 6.45) is 0. The molecule has 0 fully saturated rings. The number of fused-ring (bicyclic) bond motifs is 1. The van der Waals surface area contributed by atoms with Gasteiger partial charge in [0.15, 0.2) is 11.2 Å². The number of hydrogen-bond donors (Lipinski definition) is 1. The minimum Gasteiger partial charge on any atom is -0.495 e. The van der Waals surface area contributed by atoms with Crippen molar-refractivity contribution in [3.05, 3.63) is 71.8 Å². The fraction of sp³-hybridized carbons (Fsp3) is 0.355. The van der Waals surface area contributed by atoms with Crippen molar-refractivity contribution in [2.45, 2.75) is 65.4 Å². The molecule has 1 amide bonds. The Morgan fingerprint density at radius 1 is 0.946 bits per heavy atom. The van der Waals surface area contributed by atoms with Crippen LogP contribution in [0.25, 0.3) is 22.6 Å². The van der Waals surface area contributed by atoms with E-state index in [9.17, 15) is 4.79 Å². The van der Waals surface area contributed by atoms with E-state index in [1.54, 1.807) is 33.1 Å². The average Bonchev–Trinajstić information content (AvgIpc) is 3.27. The second kappa shape index (κ2) is 9.92. The highest BCUT2D eigenvalue weighted by atomic mass is 16.5. The van der Waals surface area contributed by atoms with Gasteiger partial charge in [0, 0.05) is 5.56 Å². The van der Waals surface area contributed by atoms with Gasteiger partial charge in [-0.2, -0.15) is 0 Å². The SMILES string of the molecule is COc1ccc(-c2nc3cc(C(C)C)ccc3o2)cc1NC(=O)C(C)(C)Oc1ccc(C(C)(C)C)cc1. The summed E-state index contributed by atoms with van der Waals surface area (Å²) in [5.41, 5.74) is 4.06. The molecule has 0 bridgehead atoms. The zero-order valence-corrected chi connectivity index (χ0v) is 22.9. The van der Waals surface area contributed by atoms with Crippen molar-refractivity contribution in [1.82, 2.24) is 4.98 Å². The Bertz CT molecular complexity index is 1410. The molecule has 0 aliphatic rings. The van der Waals surface area contributed by atoms with Gasteiger partial charge in [-0.1, -0.05) is 52.8 Å². The van der Waals surface area contributed by atoms with Crippen molar-refractivity contribution in [3.63, 3.8) is 0 Å². The van der Waals surface area contributed by atoms with Gasteiger partial charge >= 0.3 is 0 Å². The Kier molecular flexibility index (Phi) is 7.05. The highest BCUT2D eigenvalue weighted by molar-refractivity contribution is 5.98. The molecular weight excluding hydrogens is 464 g/mol. The molecule has 0 saturated heterocycles. The predicted molar refractivity (Wildman–Crippen MR) is 149 cm³/mol. The molecule has 1 heterocycles. The number of benzene rings is 3. The van der Waals surface area contributed by atoms with Crippen LogP contribution in [0.1, 0.15) is 65.5 Å². The van der Waals surface area contributed by atoms with Crippen molar-refractivity contribution in [2.24, 2.45) is 0 Å². The van der Waals surface area contributed by atoms with E-state index in [1.807, 2.05) is 42.5 Å². The minimum absolute atomic E-state index is 0.0401. The summed E-state index contributed by atoms with van der Waals surface area (Å²) in [5.74, 6) is 1.72. The number of carbonyl (C=O) groups is 1. The van der Waals surface area contributed by atoms with Crippen molar-refractivity contribution < 1.29 is 18.7 Å². The van der Waals surface area contributed by atoms with Gasteiger partial charge in [-0.15, -0.1) is 0 Å². The van der Waals surface area contributed by atoms with Gasteiger partial charge in [0.2, 0.25) is 5.89 Å². The molecule has 0 radical (unpaired) electrons. The lowest BCUT2D eigenvalue weighted by Gasteiger charge is -2.26. The molecule has 4 rings (SSSR count). The first kappa shape index (κ1) is 26.3. The molecule has 1 aromatic heterocycles. The average molecular weight is 501 g/mol. The Morgan fingerprint density at radius 3 is 2.27 bits per heavy atom. The third-order valence-corrected chi connectivity index (χ3v) is 6.41. The normalized spacial score (nSPS) is 12.1. The number of rotatable bonds is 7. The number of aromatic nitrogens is 1. The molecule has 194 valence electrons. The Balaban J connectivity index is 1.57. The van der Waals surface area contributed by atoms with Crippen LogP contribution in [-0.2, 0) is 10.2 Å². The molecule has 1 N–H and O–H groups in total. The van der Waals surface area contributed by atoms with E-state index in [4.69, 9.17) is 13.9 Å². The summed E-state index contributed by atoms with van der Waals surface area (Å²) in [5, 5.41) is 2.97. The lowest BCUT2D eigenvalue weighted by atomic mass is 9.87. The quantitative estimate of drug-likeness (QED) is 0.281. The summed E-state index contributed by atoms with van der Waals surface area (Å²) in [6.45, 7) is 14.2. The van der Waals surface area contributed by atoms with Gasteiger partial charge in [-0.3, -0.25) is 4.79 Å². The van der Waals surface area contributed by atoms with Crippen LogP contribution in [0.4, 0.5) is 5.69 Å². The molecule has 0 aliphatic heterocycles. The first-order chi connectivity index (χ1) is 17.4. The molecule has 6 heteroatoms. The monoisotopic (exact) mass is 500 g/mol. The molecule has 0 unspecified atom stereocenters. The molecular formula is C31H36N2O4. The number of carbonyl (C=O) groups excluding carboxylic acids is 1. The fourth-order valence-electron chi connectivity index (χ4n) is 4.00. The molecule has 0 aliphatic carbocycles. The number of nitrogens with zero attached hydrogens (tertiary/aromatic N) is 1. The van der Waals surface area contributed by atoms with Crippen LogP contribution >= 0.6 is 0 Å². The first-order valence-corrected chi connectivity index (χ1v) is 12.6. The van der Waals surface area contributed by atoms with Crippen LogP contribution in [0, 0.1) is 0 Å². The van der Waals surface area contributed by atoms with E-state index in [0.29, 0.717) is 34.6 Å². The Morgan fingerprint density at radius 2 is 1.65 bits per heavy atom. The first-order valence-electron chi connectivity index (χ1n) is 12.6. The summed E-state index contributed by atoms with van der Waals surface area (Å²) < 4.78 is 17.6. The molecule has 4 aromatic rings. The number of hydrogen-bond acceptors (Lipinski definition) is 5. The second-order valence-electron chi connectivity index (χ2n) is 11.2. The third-order valence-electron chi connectivity index (χ3n) is 6.41. The van der Waals surface area contributed by atoms with Crippen LogP contribution in [0.2, 0.25) is 0 Å². The summed E-state index contributed by atoms with van der Waals surface area (Å²) in [7, 11) is 1.57. The van der Waals surface area contributed by atoms with E-state index >= 15 is 0 Å². The minimum atomic E-state index is -1.13. The zero-order valence-electron chi connectivity index (χ0n) is 22.9. The topological polar surface area (TPSA) is 73.6 Å². The molecule has 0 atom stereocenters. The maximum absolute atomic E-state index is 13.3. The van der Waals surface area contributed by atoms with E-state index < -0.39 is 5.60 Å². The summed E-state index contributed by atoms with van der Waals surface area (Å²) >= 11 is 0. The lowest BCUT2D eigenvalue weighted by molar-refractivity contribution is -0.128. The van der Waals surface area contributed by atoms with E-state index in [0.717, 1.165) is 11.1 Å². The number of oxazole rings is 1. The number of nitrogens with one attached hydrogen (secondary N) is 1. The number of ether oxygens (including phenoxy) is 2. The standard InChI is InChI=1S/C31H36N2O4/c1-19(2)20-9-16-27-25(17-20)32-28(36-27)21-10-15-26(35-8)24(18-21)33-29(34)31(6,7)37-23-13-11-22(12-14-23)30(3,4)5/h9-19H,1-8H3,(H,33,34). The van der Waals surface area contributed by atoms with Crippen LogP contribution in [0.3, 0.4) is 0 Å². The largest absolute Gasteiger partial charge is 0.495 e. The van der Waals surface area contributed by atoms with Crippen LogP contribution in [0.15, 0.2) is 65.1 Å².